The lowest BCUT2D eigenvalue weighted by atomic mass is 9.83. The van der Waals surface area contributed by atoms with Crippen molar-refractivity contribution in [2.45, 2.75) is 77.7 Å². The van der Waals surface area contributed by atoms with Gasteiger partial charge >= 0.3 is 6.03 Å². The molecule has 0 spiro atoms. The highest BCUT2D eigenvalue weighted by molar-refractivity contribution is 5.74. The quantitative estimate of drug-likeness (QED) is 0.414. The van der Waals surface area contributed by atoms with Gasteiger partial charge < -0.3 is 15.4 Å². The second-order valence-corrected chi connectivity index (χ2v) is 6.16. The first-order valence-corrected chi connectivity index (χ1v) is 9.66. The summed E-state index contributed by atoms with van der Waals surface area (Å²) in [5.41, 5.74) is -0.0808. The third-order valence-electron chi connectivity index (χ3n) is 4.33. The fourth-order valence-corrected chi connectivity index (χ4v) is 2.80. The summed E-state index contributed by atoms with van der Waals surface area (Å²) in [6.07, 6.45) is 13.3. The van der Waals surface area contributed by atoms with E-state index in [0.717, 1.165) is 44.9 Å². The van der Waals surface area contributed by atoms with E-state index in [1.165, 1.54) is 7.11 Å². The maximum atomic E-state index is 13.0. The van der Waals surface area contributed by atoms with Crippen LogP contribution in [0.2, 0.25) is 0 Å². The van der Waals surface area contributed by atoms with E-state index in [9.17, 15) is 9.18 Å². The number of carbonyl (C=O) groups excluding carboxylic acids is 1. The summed E-state index contributed by atoms with van der Waals surface area (Å²) in [6, 6.07) is -0.0758. The number of allylic oxidation sites excluding steroid dienone is 2. The smallest absolute Gasteiger partial charge is 0.315 e. The van der Waals surface area contributed by atoms with Gasteiger partial charge in [-0.1, -0.05) is 45.4 Å². The topological polar surface area (TPSA) is 50.4 Å². The number of nitrogens with one attached hydrogen (secondary N) is 2. The minimum absolute atomic E-state index is 0.0517. The number of carbonyl (C=O) groups is 1. The average Bonchev–Trinajstić information content (AvgIpc) is 2.63. The van der Waals surface area contributed by atoms with Gasteiger partial charge in [-0.15, -0.1) is 0 Å². The maximum absolute atomic E-state index is 13.0. The van der Waals surface area contributed by atoms with Gasteiger partial charge in [-0.05, 0) is 44.9 Å². The van der Waals surface area contributed by atoms with Gasteiger partial charge in [-0.3, -0.25) is 0 Å². The summed E-state index contributed by atoms with van der Waals surface area (Å²) in [7, 11) is 1.48. The Morgan fingerprint density at radius 3 is 2.64 bits per heavy atom. The van der Waals surface area contributed by atoms with Crippen molar-refractivity contribution in [2.75, 3.05) is 20.3 Å². The second kappa shape index (κ2) is 14.9. The predicted octanol–water partition coefficient (Wildman–Crippen LogP) is 5.26. The zero-order valence-electron chi connectivity index (χ0n) is 16.5. The van der Waals surface area contributed by atoms with E-state index in [4.69, 9.17) is 4.74 Å². The molecule has 0 radical (unpaired) electrons. The van der Waals surface area contributed by atoms with Crippen LogP contribution in [0.15, 0.2) is 24.1 Å². The first kappa shape index (κ1) is 23.6. The molecule has 146 valence electrons. The van der Waals surface area contributed by atoms with Crippen LogP contribution < -0.4 is 10.6 Å². The molecule has 1 aliphatic rings. The van der Waals surface area contributed by atoms with Crippen molar-refractivity contribution in [1.29, 1.82) is 0 Å². The maximum Gasteiger partial charge on any atom is 0.315 e. The third kappa shape index (κ3) is 11.0. The van der Waals surface area contributed by atoms with Gasteiger partial charge in [0.1, 0.15) is 5.83 Å². The predicted molar refractivity (Wildman–Crippen MR) is 103 cm³/mol. The Bertz CT molecular complexity index is 411. The molecule has 0 saturated carbocycles. The van der Waals surface area contributed by atoms with Crippen LogP contribution >= 0.6 is 0 Å². The number of urea groups is 1. The van der Waals surface area contributed by atoms with Gasteiger partial charge in [-0.2, -0.15) is 0 Å². The average molecular weight is 357 g/mol. The van der Waals surface area contributed by atoms with Crippen LogP contribution in [0.4, 0.5) is 9.18 Å². The molecule has 1 rings (SSSR count). The summed E-state index contributed by atoms with van der Waals surface area (Å²) in [6.45, 7) is 6.83. The molecule has 25 heavy (non-hydrogen) atoms. The van der Waals surface area contributed by atoms with E-state index >= 15 is 0 Å². The van der Waals surface area contributed by atoms with Crippen LogP contribution in [0.25, 0.3) is 0 Å². The van der Waals surface area contributed by atoms with Crippen LogP contribution in [-0.4, -0.2) is 31.8 Å². The van der Waals surface area contributed by atoms with E-state index in [1.807, 2.05) is 13.8 Å². The highest BCUT2D eigenvalue weighted by Gasteiger charge is 2.29. The van der Waals surface area contributed by atoms with E-state index in [1.54, 1.807) is 6.08 Å². The molecule has 2 amide bonds. The normalized spacial score (nSPS) is 19.8. The van der Waals surface area contributed by atoms with E-state index in [-0.39, 0.29) is 24.0 Å². The summed E-state index contributed by atoms with van der Waals surface area (Å²) < 4.78 is 17.7. The van der Waals surface area contributed by atoms with Crippen LogP contribution in [0.3, 0.4) is 0 Å². The molecule has 0 saturated heterocycles. The van der Waals surface area contributed by atoms with E-state index in [2.05, 4.69) is 29.7 Å². The lowest BCUT2D eigenvalue weighted by molar-refractivity contribution is 0.206. The molecule has 0 bridgehead atoms. The first-order chi connectivity index (χ1) is 12.1. The van der Waals surface area contributed by atoms with Crippen LogP contribution in [0.5, 0.6) is 0 Å². The van der Waals surface area contributed by atoms with E-state index < -0.39 is 0 Å². The molecule has 2 N–H and O–H groups in total. The minimum atomic E-state index is -0.212. The molecule has 0 aromatic rings. The SMILES string of the molecule is CC.CCC1(NC(=O)NCCCCC/C=C(\F)COC)CC=CCC1. The summed E-state index contributed by atoms with van der Waals surface area (Å²) in [5, 5.41) is 6.06. The highest BCUT2D eigenvalue weighted by Crippen LogP contribution is 2.26. The van der Waals surface area contributed by atoms with Crippen molar-refractivity contribution in [2.24, 2.45) is 0 Å². The molecule has 0 aliphatic heterocycles. The number of unbranched alkanes of at least 4 members (excludes halogenated alkanes) is 3. The molecule has 1 unspecified atom stereocenters. The Labute approximate surface area is 153 Å². The fourth-order valence-electron chi connectivity index (χ4n) is 2.80. The van der Waals surface area contributed by atoms with Crippen molar-refractivity contribution >= 4 is 6.03 Å². The molecule has 0 aromatic carbocycles. The van der Waals surface area contributed by atoms with Gasteiger partial charge in [-0.25, -0.2) is 9.18 Å². The van der Waals surface area contributed by atoms with Gasteiger partial charge in [0.25, 0.3) is 0 Å². The molecule has 4 nitrogen and oxygen atoms in total. The van der Waals surface area contributed by atoms with Crippen molar-refractivity contribution in [3.63, 3.8) is 0 Å². The Morgan fingerprint density at radius 2 is 2.04 bits per heavy atom. The first-order valence-electron chi connectivity index (χ1n) is 9.66. The van der Waals surface area contributed by atoms with Crippen molar-refractivity contribution in [3.05, 3.63) is 24.1 Å². The van der Waals surface area contributed by atoms with Gasteiger partial charge in [0.2, 0.25) is 0 Å². The largest absolute Gasteiger partial charge is 0.378 e. The number of methoxy groups -OCH3 is 1. The zero-order valence-corrected chi connectivity index (χ0v) is 16.5. The lowest BCUT2D eigenvalue weighted by Crippen LogP contribution is -2.52. The summed E-state index contributed by atoms with van der Waals surface area (Å²) in [5.74, 6) is -0.212. The molecular formula is C20H37FN2O2. The summed E-state index contributed by atoms with van der Waals surface area (Å²) in [4.78, 5) is 12.0. The minimum Gasteiger partial charge on any atom is -0.378 e. The number of amides is 2. The number of hydrogen-bond acceptors (Lipinski definition) is 2. The van der Waals surface area contributed by atoms with Crippen molar-refractivity contribution < 1.29 is 13.9 Å². The number of halogens is 1. The van der Waals surface area contributed by atoms with Gasteiger partial charge in [0.15, 0.2) is 0 Å². The molecule has 0 fully saturated rings. The standard InChI is InChI=1S/C18H31FN2O2.C2H6/c1-3-18(12-8-6-9-13-18)21-17(22)20-14-10-5-4-7-11-16(19)15-23-2;1-2/h6,8,11H,3-5,7,9-10,12-15H2,1-2H3,(H2,20,21,22);1-2H3/b16-11-;. The Balaban J connectivity index is 0.00000277. The second-order valence-electron chi connectivity index (χ2n) is 6.16. The zero-order chi connectivity index (χ0) is 19.0. The van der Waals surface area contributed by atoms with Crippen LogP contribution in [0.1, 0.15) is 72.1 Å². The highest BCUT2D eigenvalue weighted by atomic mass is 19.1. The number of rotatable bonds is 10. The third-order valence-corrected chi connectivity index (χ3v) is 4.33. The Hall–Kier alpha value is -1.36. The molecule has 1 aliphatic carbocycles. The summed E-state index contributed by atoms with van der Waals surface area (Å²) >= 11 is 0. The molecule has 5 heteroatoms. The molecule has 0 aromatic heterocycles. The lowest BCUT2D eigenvalue weighted by Gasteiger charge is -2.35. The molecule has 1 atom stereocenters. The van der Waals surface area contributed by atoms with Crippen LogP contribution in [0, 0.1) is 0 Å². The molecule has 0 heterocycles. The number of hydrogen-bond donors (Lipinski definition) is 2. The van der Waals surface area contributed by atoms with Crippen LogP contribution in [-0.2, 0) is 4.74 Å². The van der Waals surface area contributed by atoms with Crippen molar-refractivity contribution in [3.8, 4) is 0 Å². The van der Waals surface area contributed by atoms with Crippen molar-refractivity contribution in [1.82, 2.24) is 10.6 Å². The fraction of sp³-hybridized carbons (Fsp3) is 0.750. The molecular weight excluding hydrogens is 319 g/mol. The van der Waals surface area contributed by atoms with Gasteiger partial charge in [0, 0.05) is 19.2 Å². The van der Waals surface area contributed by atoms with E-state index in [0.29, 0.717) is 13.0 Å². The number of ether oxygens (including phenoxy) is 1. The Kier molecular flexibility index (Phi) is 14.1. The van der Waals surface area contributed by atoms with Gasteiger partial charge in [0.05, 0.1) is 6.61 Å². The Morgan fingerprint density at radius 1 is 1.28 bits per heavy atom. The monoisotopic (exact) mass is 356 g/mol.